The Morgan fingerprint density at radius 3 is 2.54 bits per heavy atom. The Labute approximate surface area is 76.6 Å². The molecule has 0 bridgehead atoms. The predicted octanol–water partition coefficient (Wildman–Crippen LogP) is -0.114. The summed E-state index contributed by atoms with van der Waals surface area (Å²) in [5.41, 5.74) is 0.199. The summed E-state index contributed by atoms with van der Waals surface area (Å²) in [6.07, 6.45) is 1.40. The van der Waals surface area contributed by atoms with Crippen LogP contribution < -0.4 is 5.14 Å². The van der Waals surface area contributed by atoms with Gasteiger partial charge in [-0.1, -0.05) is 0 Å². The molecule has 1 aliphatic carbocycles. The van der Waals surface area contributed by atoms with Gasteiger partial charge in [-0.25, -0.2) is 18.4 Å². The zero-order valence-corrected chi connectivity index (χ0v) is 8.06. The largest absolute Gasteiger partial charge is 0.466 e. The number of hydrogen-bond donors (Lipinski definition) is 1. The van der Waals surface area contributed by atoms with E-state index in [1.165, 1.54) is 7.11 Å². The Bertz CT molecular complexity index is 355. The number of carbonyl (C=O) groups excluding carboxylic acids is 1. The number of carbonyl (C=O) groups is 1. The van der Waals surface area contributed by atoms with Crippen LogP contribution >= 0.6 is 0 Å². The molecule has 0 spiro atoms. The van der Waals surface area contributed by atoms with E-state index in [0.29, 0.717) is 19.3 Å². The zero-order chi connectivity index (χ0) is 10.1. The average Bonchev–Trinajstić information content (AvgIpc) is 2.49. The van der Waals surface area contributed by atoms with Crippen molar-refractivity contribution >= 4 is 16.0 Å². The van der Waals surface area contributed by atoms with Crippen LogP contribution in [0, 0.1) is 0 Å². The Balaban J connectivity index is 3.11. The van der Waals surface area contributed by atoms with Gasteiger partial charge in [-0.15, -0.1) is 0 Å². The predicted molar refractivity (Wildman–Crippen MR) is 46.0 cm³/mol. The van der Waals surface area contributed by atoms with E-state index < -0.39 is 16.0 Å². The van der Waals surface area contributed by atoms with Gasteiger partial charge in [0.1, 0.15) is 0 Å². The molecule has 0 aromatic heterocycles. The highest BCUT2D eigenvalue weighted by molar-refractivity contribution is 7.93. The molecule has 0 aliphatic heterocycles. The molecule has 0 unspecified atom stereocenters. The van der Waals surface area contributed by atoms with Crippen LogP contribution in [0.5, 0.6) is 0 Å². The first-order valence-electron chi connectivity index (χ1n) is 3.80. The molecule has 1 aliphatic rings. The molecule has 0 radical (unpaired) electrons. The number of nitrogens with two attached hydrogens (primary N) is 1. The molecule has 6 heteroatoms. The van der Waals surface area contributed by atoms with E-state index in [0.717, 1.165) is 0 Å². The normalized spacial score (nSPS) is 17.7. The van der Waals surface area contributed by atoms with Gasteiger partial charge in [0.15, 0.2) is 0 Å². The van der Waals surface area contributed by atoms with Crippen LogP contribution in [0.25, 0.3) is 0 Å². The second-order valence-corrected chi connectivity index (χ2v) is 4.37. The minimum absolute atomic E-state index is 0.0272. The number of rotatable bonds is 2. The molecular formula is C7H11NO4S. The van der Waals surface area contributed by atoms with Gasteiger partial charge in [-0.3, -0.25) is 0 Å². The van der Waals surface area contributed by atoms with Crippen molar-refractivity contribution in [1.82, 2.24) is 0 Å². The fourth-order valence-electron chi connectivity index (χ4n) is 1.37. The van der Waals surface area contributed by atoms with Crippen molar-refractivity contribution in [2.75, 3.05) is 7.11 Å². The van der Waals surface area contributed by atoms with Gasteiger partial charge in [0, 0.05) is 0 Å². The molecule has 0 aromatic carbocycles. The molecule has 0 aromatic rings. The third-order valence-electron chi connectivity index (χ3n) is 1.94. The molecule has 5 nitrogen and oxygen atoms in total. The maximum atomic E-state index is 11.1. The van der Waals surface area contributed by atoms with Gasteiger partial charge >= 0.3 is 5.97 Å². The lowest BCUT2D eigenvalue weighted by atomic mass is 10.2. The molecule has 0 atom stereocenters. The minimum atomic E-state index is -3.73. The molecule has 0 amide bonds. The van der Waals surface area contributed by atoms with E-state index in [2.05, 4.69) is 4.74 Å². The fourth-order valence-corrected chi connectivity index (χ4v) is 2.33. The number of hydrogen-bond acceptors (Lipinski definition) is 4. The Morgan fingerprint density at radius 1 is 1.46 bits per heavy atom. The van der Waals surface area contributed by atoms with E-state index in [1.54, 1.807) is 0 Å². The summed E-state index contributed by atoms with van der Waals surface area (Å²) >= 11 is 0. The number of sulfonamides is 1. The molecule has 0 fully saturated rings. The summed E-state index contributed by atoms with van der Waals surface area (Å²) in [7, 11) is -2.51. The maximum Gasteiger partial charge on any atom is 0.334 e. The highest BCUT2D eigenvalue weighted by Crippen LogP contribution is 2.29. The van der Waals surface area contributed by atoms with Crippen LogP contribution in [0.15, 0.2) is 10.5 Å². The van der Waals surface area contributed by atoms with Crippen LogP contribution in [0.1, 0.15) is 19.3 Å². The third-order valence-corrected chi connectivity index (χ3v) is 3.08. The molecule has 0 saturated heterocycles. The first-order valence-corrected chi connectivity index (χ1v) is 5.34. The molecule has 0 saturated carbocycles. The lowest BCUT2D eigenvalue weighted by Crippen LogP contribution is -2.17. The zero-order valence-electron chi connectivity index (χ0n) is 7.24. The van der Waals surface area contributed by atoms with Crippen molar-refractivity contribution < 1.29 is 17.9 Å². The summed E-state index contributed by atoms with van der Waals surface area (Å²) in [6, 6.07) is 0. The molecule has 0 heterocycles. The van der Waals surface area contributed by atoms with Crippen molar-refractivity contribution in [2.45, 2.75) is 19.3 Å². The van der Waals surface area contributed by atoms with Crippen LogP contribution in [0.2, 0.25) is 0 Å². The highest BCUT2D eigenvalue weighted by Gasteiger charge is 2.27. The third kappa shape index (κ3) is 2.07. The first-order chi connectivity index (χ1) is 5.96. The molecule has 2 N–H and O–H groups in total. The standard InChI is InChI=1S/C7H11NO4S/c1-12-7(9)5-3-2-4-6(5)13(8,10)11/h2-4H2,1H3,(H2,8,10,11). The SMILES string of the molecule is COC(=O)C1=C(S(N)(=O)=O)CCC1. The monoisotopic (exact) mass is 205 g/mol. The molecule has 1 rings (SSSR count). The number of ether oxygens (including phenoxy) is 1. The maximum absolute atomic E-state index is 11.1. The van der Waals surface area contributed by atoms with Gasteiger partial charge in [0.2, 0.25) is 10.0 Å². The van der Waals surface area contributed by atoms with E-state index in [9.17, 15) is 13.2 Å². The topological polar surface area (TPSA) is 86.5 Å². The quantitative estimate of drug-likeness (QED) is 0.637. The van der Waals surface area contributed by atoms with Crippen molar-refractivity contribution in [2.24, 2.45) is 5.14 Å². The van der Waals surface area contributed by atoms with Gasteiger partial charge in [-0.2, -0.15) is 0 Å². The number of primary sulfonamides is 1. The van der Waals surface area contributed by atoms with E-state index in [4.69, 9.17) is 5.14 Å². The fraction of sp³-hybridized carbons (Fsp3) is 0.571. The summed E-state index contributed by atoms with van der Waals surface area (Å²) in [5, 5.41) is 4.93. The number of esters is 1. The van der Waals surface area contributed by atoms with E-state index in [1.807, 2.05) is 0 Å². The van der Waals surface area contributed by atoms with Crippen molar-refractivity contribution in [3.63, 3.8) is 0 Å². The Morgan fingerprint density at radius 2 is 2.08 bits per heavy atom. The van der Waals surface area contributed by atoms with Gasteiger partial charge in [0.25, 0.3) is 0 Å². The van der Waals surface area contributed by atoms with E-state index >= 15 is 0 Å². The van der Waals surface area contributed by atoms with Crippen LogP contribution in [-0.4, -0.2) is 21.5 Å². The second kappa shape index (κ2) is 3.47. The summed E-state index contributed by atoms with van der Waals surface area (Å²) < 4.78 is 26.4. The van der Waals surface area contributed by atoms with Crippen LogP contribution in [0.3, 0.4) is 0 Å². The summed E-state index contributed by atoms with van der Waals surface area (Å²) in [5.74, 6) is -0.596. The highest BCUT2D eigenvalue weighted by atomic mass is 32.2. The lowest BCUT2D eigenvalue weighted by Gasteiger charge is -2.02. The number of allylic oxidation sites excluding steroid dienone is 1. The van der Waals surface area contributed by atoms with Crippen molar-refractivity contribution in [3.05, 3.63) is 10.5 Å². The first kappa shape index (κ1) is 10.2. The van der Waals surface area contributed by atoms with Gasteiger partial charge in [0.05, 0.1) is 17.6 Å². The van der Waals surface area contributed by atoms with E-state index in [-0.39, 0.29) is 10.5 Å². The average molecular weight is 205 g/mol. The molecular weight excluding hydrogens is 194 g/mol. The molecule has 13 heavy (non-hydrogen) atoms. The van der Waals surface area contributed by atoms with Crippen LogP contribution in [0.4, 0.5) is 0 Å². The smallest absolute Gasteiger partial charge is 0.334 e. The lowest BCUT2D eigenvalue weighted by molar-refractivity contribution is -0.136. The summed E-state index contributed by atoms with van der Waals surface area (Å²) in [4.78, 5) is 11.1. The minimum Gasteiger partial charge on any atom is -0.466 e. The Kier molecular flexibility index (Phi) is 2.72. The Hall–Kier alpha value is -0.880. The summed E-state index contributed by atoms with van der Waals surface area (Å²) in [6.45, 7) is 0. The van der Waals surface area contributed by atoms with Crippen molar-refractivity contribution in [3.8, 4) is 0 Å². The molecule has 74 valence electrons. The second-order valence-electron chi connectivity index (χ2n) is 2.79. The van der Waals surface area contributed by atoms with Gasteiger partial charge < -0.3 is 4.74 Å². The number of methoxy groups -OCH3 is 1. The van der Waals surface area contributed by atoms with Gasteiger partial charge in [-0.05, 0) is 19.3 Å². The van der Waals surface area contributed by atoms with Crippen LogP contribution in [-0.2, 0) is 19.6 Å². The van der Waals surface area contributed by atoms with Crippen molar-refractivity contribution in [1.29, 1.82) is 0 Å².